The van der Waals surface area contributed by atoms with Gasteiger partial charge in [-0.2, -0.15) is 5.10 Å². The molecule has 78 valence electrons. The Morgan fingerprint density at radius 2 is 2.50 bits per heavy atom. The molecule has 2 unspecified atom stereocenters. The predicted octanol–water partition coefficient (Wildman–Crippen LogP) is -0.581. The van der Waals surface area contributed by atoms with Gasteiger partial charge in [0.15, 0.2) is 0 Å². The summed E-state index contributed by atoms with van der Waals surface area (Å²) in [6, 6.07) is 0.194. The summed E-state index contributed by atoms with van der Waals surface area (Å²) < 4.78 is 0. The minimum absolute atomic E-state index is 0.194. The Kier molecular flexibility index (Phi) is 2.43. The molecule has 2 aliphatic heterocycles. The number of β-amino-alcohol motifs (C(OH)–C–C–N with tert-alkyl or cyclic N) is 1. The number of piperidine rings is 1. The first-order valence-corrected chi connectivity index (χ1v) is 4.85. The number of hydrogen-bond acceptors (Lipinski definition) is 5. The second kappa shape index (κ2) is 3.59. The molecule has 2 aliphatic rings. The third-order valence-corrected chi connectivity index (χ3v) is 2.49. The van der Waals surface area contributed by atoms with Crippen molar-refractivity contribution in [2.75, 3.05) is 13.1 Å². The Balaban J connectivity index is 1.97. The Morgan fingerprint density at radius 3 is 3.14 bits per heavy atom. The van der Waals surface area contributed by atoms with E-state index < -0.39 is 5.60 Å². The lowest BCUT2D eigenvalue weighted by Gasteiger charge is -2.39. The van der Waals surface area contributed by atoms with E-state index in [0.29, 0.717) is 6.54 Å². The fourth-order valence-corrected chi connectivity index (χ4v) is 1.84. The predicted molar refractivity (Wildman–Crippen MR) is 54.5 cm³/mol. The molecule has 0 aromatic rings. The van der Waals surface area contributed by atoms with Gasteiger partial charge in [-0.05, 0) is 13.0 Å². The average Bonchev–Trinajstić information content (AvgIpc) is 2.18. The Bertz CT molecular complexity index is 262. The highest BCUT2D eigenvalue weighted by Gasteiger charge is 2.32. The molecule has 1 saturated heterocycles. The number of nitrogens with one attached hydrogen (secondary N) is 2. The third-order valence-electron chi connectivity index (χ3n) is 2.49. The maximum atomic E-state index is 9.89. The highest BCUT2D eigenvalue weighted by molar-refractivity contribution is 5.71. The van der Waals surface area contributed by atoms with E-state index in [1.807, 2.05) is 19.2 Å². The normalized spacial score (nSPS) is 37.0. The van der Waals surface area contributed by atoms with E-state index in [0.717, 1.165) is 13.0 Å². The van der Waals surface area contributed by atoms with Crippen LogP contribution in [0.5, 0.6) is 0 Å². The molecule has 5 nitrogen and oxygen atoms in total. The van der Waals surface area contributed by atoms with Crippen LogP contribution in [-0.4, -0.2) is 41.2 Å². The molecule has 1 fully saturated rings. The van der Waals surface area contributed by atoms with Crippen molar-refractivity contribution >= 4 is 6.21 Å². The van der Waals surface area contributed by atoms with E-state index in [9.17, 15) is 5.11 Å². The van der Waals surface area contributed by atoms with Gasteiger partial charge in [-0.1, -0.05) is 0 Å². The van der Waals surface area contributed by atoms with Crippen LogP contribution in [0.15, 0.2) is 17.4 Å². The fraction of sp³-hybridized carbons (Fsp3) is 0.667. The Labute approximate surface area is 83.4 Å². The summed E-state index contributed by atoms with van der Waals surface area (Å²) in [5, 5.41) is 19.0. The van der Waals surface area contributed by atoms with E-state index in [1.54, 1.807) is 11.3 Å². The smallest absolute Gasteiger partial charge is 0.0845 e. The number of hydrazine groups is 1. The maximum absolute atomic E-state index is 9.89. The van der Waals surface area contributed by atoms with E-state index in [4.69, 9.17) is 0 Å². The topological polar surface area (TPSA) is 59.9 Å². The molecule has 3 N–H and O–H groups in total. The zero-order chi connectivity index (χ0) is 10.0. The van der Waals surface area contributed by atoms with Gasteiger partial charge < -0.3 is 10.4 Å². The minimum Gasteiger partial charge on any atom is -0.389 e. The first-order chi connectivity index (χ1) is 6.67. The van der Waals surface area contributed by atoms with Crippen LogP contribution in [-0.2, 0) is 0 Å². The number of allylic oxidation sites excluding steroid dienone is 1. The second-order valence-electron chi connectivity index (χ2n) is 4.08. The van der Waals surface area contributed by atoms with E-state index in [2.05, 4.69) is 15.8 Å². The Hall–Kier alpha value is -1.07. The molecule has 0 bridgehead atoms. The van der Waals surface area contributed by atoms with E-state index in [-0.39, 0.29) is 6.04 Å². The fourth-order valence-electron chi connectivity index (χ4n) is 1.84. The molecule has 14 heavy (non-hydrogen) atoms. The van der Waals surface area contributed by atoms with Crippen molar-refractivity contribution in [3.63, 3.8) is 0 Å². The van der Waals surface area contributed by atoms with Gasteiger partial charge in [0, 0.05) is 25.7 Å². The molecule has 0 radical (unpaired) electrons. The lowest BCUT2D eigenvalue weighted by atomic mass is 9.93. The SMILES string of the molecule is CC1(O)CNCC(N2N=CC=CN2)C1. The molecule has 0 spiro atoms. The van der Waals surface area contributed by atoms with Gasteiger partial charge in [0.1, 0.15) is 0 Å². The first-order valence-electron chi connectivity index (χ1n) is 4.85. The van der Waals surface area contributed by atoms with Gasteiger partial charge in [-0.15, -0.1) is 0 Å². The Morgan fingerprint density at radius 1 is 1.64 bits per heavy atom. The van der Waals surface area contributed by atoms with Gasteiger partial charge in [0.2, 0.25) is 0 Å². The minimum atomic E-state index is -0.638. The van der Waals surface area contributed by atoms with Gasteiger partial charge >= 0.3 is 0 Å². The van der Waals surface area contributed by atoms with Gasteiger partial charge in [0.25, 0.3) is 0 Å². The van der Waals surface area contributed by atoms with Gasteiger partial charge in [0.05, 0.1) is 17.9 Å². The number of nitrogens with zero attached hydrogens (tertiary/aromatic N) is 2. The van der Waals surface area contributed by atoms with Gasteiger partial charge in [-0.3, -0.25) is 5.43 Å². The van der Waals surface area contributed by atoms with Crippen LogP contribution in [0.1, 0.15) is 13.3 Å². The molecule has 2 atom stereocenters. The number of aliphatic hydroxyl groups is 1. The molecule has 0 saturated carbocycles. The van der Waals surface area contributed by atoms with Crippen LogP contribution >= 0.6 is 0 Å². The summed E-state index contributed by atoms with van der Waals surface area (Å²) in [6.45, 7) is 3.33. The lowest BCUT2D eigenvalue weighted by Crippen LogP contribution is -2.56. The van der Waals surface area contributed by atoms with Crippen molar-refractivity contribution in [1.82, 2.24) is 15.9 Å². The van der Waals surface area contributed by atoms with E-state index >= 15 is 0 Å². The molecule has 0 amide bonds. The zero-order valence-corrected chi connectivity index (χ0v) is 8.27. The van der Waals surface area contributed by atoms with Crippen LogP contribution in [0, 0.1) is 0 Å². The van der Waals surface area contributed by atoms with Crippen molar-refractivity contribution in [1.29, 1.82) is 0 Å². The third kappa shape index (κ3) is 2.05. The summed E-state index contributed by atoms with van der Waals surface area (Å²) in [5.41, 5.74) is 2.39. The molecular formula is C9H16N4O. The van der Waals surface area contributed by atoms with Crippen LogP contribution in [0.3, 0.4) is 0 Å². The average molecular weight is 196 g/mol. The number of rotatable bonds is 1. The highest BCUT2D eigenvalue weighted by Crippen LogP contribution is 2.18. The van der Waals surface area contributed by atoms with Crippen molar-refractivity contribution in [3.05, 3.63) is 12.3 Å². The summed E-state index contributed by atoms with van der Waals surface area (Å²) in [5.74, 6) is 0. The zero-order valence-electron chi connectivity index (χ0n) is 8.27. The van der Waals surface area contributed by atoms with Crippen LogP contribution in [0.2, 0.25) is 0 Å². The summed E-state index contributed by atoms with van der Waals surface area (Å²) in [6.07, 6.45) is 6.12. The first kappa shape index (κ1) is 9.48. The summed E-state index contributed by atoms with van der Waals surface area (Å²) >= 11 is 0. The van der Waals surface area contributed by atoms with Crippen LogP contribution in [0.25, 0.3) is 0 Å². The second-order valence-corrected chi connectivity index (χ2v) is 4.08. The number of hydrogen-bond donors (Lipinski definition) is 3. The highest BCUT2D eigenvalue weighted by atomic mass is 16.3. The number of hydrazone groups is 1. The van der Waals surface area contributed by atoms with Gasteiger partial charge in [-0.25, -0.2) is 5.12 Å². The summed E-state index contributed by atoms with van der Waals surface area (Å²) in [7, 11) is 0. The summed E-state index contributed by atoms with van der Waals surface area (Å²) in [4.78, 5) is 0. The molecule has 0 aromatic carbocycles. The molecule has 0 aliphatic carbocycles. The molecule has 0 aromatic heterocycles. The quantitative estimate of drug-likeness (QED) is 0.525. The molecular weight excluding hydrogens is 180 g/mol. The molecule has 5 heteroatoms. The standard InChI is InChI=1S/C9H16N4O/c1-9(14)5-8(6-10-7-9)13-11-3-2-4-12-13/h2-4,8,10-11,14H,5-7H2,1H3. The maximum Gasteiger partial charge on any atom is 0.0845 e. The monoisotopic (exact) mass is 196 g/mol. The lowest BCUT2D eigenvalue weighted by molar-refractivity contribution is -0.0124. The largest absolute Gasteiger partial charge is 0.389 e. The van der Waals surface area contributed by atoms with Crippen molar-refractivity contribution in [3.8, 4) is 0 Å². The van der Waals surface area contributed by atoms with Crippen molar-refractivity contribution in [2.45, 2.75) is 25.0 Å². The van der Waals surface area contributed by atoms with Crippen molar-refractivity contribution < 1.29 is 5.11 Å². The van der Waals surface area contributed by atoms with Crippen molar-refractivity contribution in [2.24, 2.45) is 5.10 Å². The molecule has 2 heterocycles. The van der Waals surface area contributed by atoms with Crippen LogP contribution < -0.4 is 10.7 Å². The molecule has 2 rings (SSSR count). The van der Waals surface area contributed by atoms with Crippen LogP contribution in [0.4, 0.5) is 0 Å². The van der Waals surface area contributed by atoms with E-state index in [1.165, 1.54) is 0 Å².